The Morgan fingerprint density at radius 1 is 1.25 bits per heavy atom. The topological polar surface area (TPSA) is 77.8 Å². The molecule has 0 unspecified atom stereocenters. The van der Waals surface area contributed by atoms with Crippen molar-refractivity contribution in [2.75, 3.05) is 13.1 Å². The quantitative estimate of drug-likeness (QED) is 0.837. The van der Waals surface area contributed by atoms with Gasteiger partial charge in [-0.05, 0) is 31.2 Å². The number of piperidine rings is 1. The molecule has 2 N–H and O–H groups in total. The lowest BCUT2D eigenvalue weighted by molar-refractivity contribution is -0.167. The summed E-state index contributed by atoms with van der Waals surface area (Å²) < 4.78 is 0. The van der Waals surface area contributed by atoms with Crippen LogP contribution in [0.2, 0.25) is 0 Å². The third kappa shape index (κ3) is 3.61. The van der Waals surface area contributed by atoms with Crippen molar-refractivity contribution in [3.8, 4) is 0 Å². The molecule has 0 saturated carbocycles. The number of carboxylic acids is 1. The molecule has 0 aromatic heterocycles. The zero-order valence-electron chi connectivity index (χ0n) is 14.4. The van der Waals surface area contributed by atoms with Gasteiger partial charge >= 0.3 is 5.97 Å². The zero-order valence-corrected chi connectivity index (χ0v) is 14.4. The Hall–Kier alpha value is -1.88. The van der Waals surface area contributed by atoms with Gasteiger partial charge in [0.1, 0.15) is 5.41 Å². The summed E-state index contributed by atoms with van der Waals surface area (Å²) in [6.45, 7) is 4.42. The molecule has 2 atom stereocenters. The molecule has 0 radical (unpaired) electrons. The molecule has 1 heterocycles. The van der Waals surface area contributed by atoms with E-state index in [1.54, 1.807) is 4.90 Å². The van der Waals surface area contributed by atoms with E-state index in [0.29, 0.717) is 6.54 Å². The number of benzene rings is 1. The molecule has 5 heteroatoms. The summed E-state index contributed by atoms with van der Waals surface area (Å²) in [4.78, 5) is 26.1. The largest absolute Gasteiger partial charge is 0.481 e. The fourth-order valence-corrected chi connectivity index (χ4v) is 3.56. The molecule has 1 fully saturated rings. The van der Waals surface area contributed by atoms with Crippen LogP contribution >= 0.6 is 0 Å². The molecule has 0 bridgehead atoms. The summed E-state index contributed by atoms with van der Waals surface area (Å²) in [5.74, 6) is -1.02. The molecule has 1 aliphatic rings. The maximum absolute atomic E-state index is 12.5. The molecular formula is C19H27NO4. The number of carboxylic acid groups (broad SMARTS) is 1. The summed E-state index contributed by atoms with van der Waals surface area (Å²) in [6.07, 6.45) is 0.996. The maximum atomic E-state index is 12.5. The van der Waals surface area contributed by atoms with Gasteiger partial charge < -0.3 is 15.1 Å². The van der Waals surface area contributed by atoms with Crippen molar-refractivity contribution < 1.29 is 19.8 Å². The van der Waals surface area contributed by atoms with Gasteiger partial charge in [-0.2, -0.15) is 0 Å². The normalized spacial score (nSPS) is 24.2. The predicted molar refractivity (Wildman–Crippen MR) is 91.5 cm³/mol. The average molecular weight is 333 g/mol. The second kappa shape index (κ2) is 7.79. The second-order valence-electron chi connectivity index (χ2n) is 6.69. The zero-order chi connectivity index (χ0) is 17.7. The SMILES string of the molecule is CCC(CC)C(=O)N1CC[C@](Cc2ccccc2)(C(=O)O)[C@@H](O)C1. The molecule has 0 aliphatic carbocycles. The van der Waals surface area contributed by atoms with Crippen LogP contribution in [0, 0.1) is 11.3 Å². The highest BCUT2D eigenvalue weighted by Gasteiger charge is 2.49. The lowest BCUT2D eigenvalue weighted by atomic mass is 9.71. The van der Waals surface area contributed by atoms with Gasteiger partial charge in [0.25, 0.3) is 0 Å². The fraction of sp³-hybridized carbons (Fsp3) is 0.579. The standard InChI is InChI=1S/C19H27NO4/c1-3-15(4-2)17(22)20-11-10-19(18(23)24,16(21)13-20)12-14-8-6-5-7-9-14/h5-9,15-16,21H,3-4,10-13H2,1-2H3,(H,23,24)/t16-,19+/m0/s1. The van der Waals surface area contributed by atoms with Gasteiger partial charge in [-0.3, -0.25) is 9.59 Å². The van der Waals surface area contributed by atoms with Crippen LogP contribution in [0.25, 0.3) is 0 Å². The van der Waals surface area contributed by atoms with Crippen molar-refractivity contribution in [1.29, 1.82) is 0 Å². The smallest absolute Gasteiger partial charge is 0.312 e. The van der Waals surface area contributed by atoms with Crippen molar-refractivity contribution in [1.82, 2.24) is 4.90 Å². The Bertz CT molecular complexity index is 570. The maximum Gasteiger partial charge on any atom is 0.312 e. The molecule has 1 aromatic rings. The predicted octanol–water partition coefficient (Wildman–Crippen LogP) is 2.33. The summed E-state index contributed by atoms with van der Waals surface area (Å²) in [6, 6.07) is 9.36. The second-order valence-corrected chi connectivity index (χ2v) is 6.69. The van der Waals surface area contributed by atoms with E-state index in [0.717, 1.165) is 18.4 Å². The average Bonchev–Trinajstić information content (AvgIpc) is 2.58. The third-order valence-electron chi connectivity index (χ3n) is 5.29. The Labute approximate surface area is 143 Å². The van der Waals surface area contributed by atoms with Crippen LogP contribution in [-0.2, 0) is 16.0 Å². The number of aliphatic hydroxyl groups is 1. The fourth-order valence-electron chi connectivity index (χ4n) is 3.56. The minimum absolute atomic E-state index is 0.0257. The van der Waals surface area contributed by atoms with E-state index in [1.165, 1.54) is 0 Å². The number of likely N-dealkylation sites (tertiary alicyclic amines) is 1. The number of nitrogens with zero attached hydrogens (tertiary/aromatic N) is 1. The molecule has 1 aromatic carbocycles. The molecule has 5 nitrogen and oxygen atoms in total. The van der Waals surface area contributed by atoms with Gasteiger partial charge in [0, 0.05) is 19.0 Å². The van der Waals surface area contributed by atoms with Crippen molar-refractivity contribution in [2.24, 2.45) is 11.3 Å². The first kappa shape index (κ1) is 18.5. The number of hydrogen-bond donors (Lipinski definition) is 2. The van der Waals surface area contributed by atoms with E-state index < -0.39 is 17.5 Å². The number of aliphatic hydroxyl groups excluding tert-OH is 1. The molecular weight excluding hydrogens is 306 g/mol. The summed E-state index contributed by atoms with van der Waals surface area (Å²) in [5, 5.41) is 20.4. The van der Waals surface area contributed by atoms with E-state index >= 15 is 0 Å². The van der Waals surface area contributed by atoms with Gasteiger partial charge in [0.2, 0.25) is 5.91 Å². The lowest BCUT2D eigenvalue weighted by Gasteiger charge is -2.43. The number of carbonyl (C=O) groups is 2. The number of rotatable bonds is 6. The first-order chi connectivity index (χ1) is 11.4. The monoisotopic (exact) mass is 333 g/mol. The molecule has 132 valence electrons. The van der Waals surface area contributed by atoms with Crippen LogP contribution in [0.15, 0.2) is 30.3 Å². The van der Waals surface area contributed by atoms with E-state index in [-0.39, 0.29) is 31.2 Å². The highest BCUT2D eigenvalue weighted by atomic mass is 16.4. The highest BCUT2D eigenvalue weighted by molar-refractivity contribution is 5.80. The van der Waals surface area contributed by atoms with Crippen LogP contribution < -0.4 is 0 Å². The first-order valence-electron chi connectivity index (χ1n) is 8.68. The number of β-amino-alcohol motifs (C(OH)–C–C–N with tert-alkyl or cyclic N) is 1. The number of aliphatic carboxylic acids is 1. The van der Waals surface area contributed by atoms with E-state index in [9.17, 15) is 19.8 Å². The molecule has 1 aliphatic heterocycles. The summed E-state index contributed by atoms with van der Waals surface area (Å²) in [7, 11) is 0. The number of hydrogen-bond acceptors (Lipinski definition) is 3. The van der Waals surface area contributed by atoms with Crippen molar-refractivity contribution >= 4 is 11.9 Å². The van der Waals surface area contributed by atoms with Crippen molar-refractivity contribution in [3.63, 3.8) is 0 Å². The number of carbonyl (C=O) groups excluding carboxylic acids is 1. The minimum Gasteiger partial charge on any atom is -0.481 e. The van der Waals surface area contributed by atoms with E-state index in [1.807, 2.05) is 44.2 Å². The summed E-state index contributed by atoms with van der Waals surface area (Å²) >= 11 is 0. The molecule has 1 amide bonds. The Morgan fingerprint density at radius 2 is 1.88 bits per heavy atom. The lowest BCUT2D eigenvalue weighted by Crippen LogP contribution is -2.57. The van der Waals surface area contributed by atoms with Crippen molar-refractivity contribution in [2.45, 2.75) is 45.6 Å². The van der Waals surface area contributed by atoms with Crippen LogP contribution in [0.3, 0.4) is 0 Å². The first-order valence-corrected chi connectivity index (χ1v) is 8.68. The minimum atomic E-state index is -1.23. The van der Waals surface area contributed by atoms with Crippen LogP contribution in [0.4, 0.5) is 0 Å². The van der Waals surface area contributed by atoms with Gasteiger partial charge in [0.05, 0.1) is 6.10 Å². The molecule has 24 heavy (non-hydrogen) atoms. The van der Waals surface area contributed by atoms with Gasteiger partial charge in [-0.15, -0.1) is 0 Å². The van der Waals surface area contributed by atoms with E-state index in [4.69, 9.17) is 0 Å². The van der Waals surface area contributed by atoms with Gasteiger partial charge in [-0.25, -0.2) is 0 Å². The van der Waals surface area contributed by atoms with Gasteiger partial charge in [0.15, 0.2) is 0 Å². The number of amides is 1. The van der Waals surface area contributed by atoms with Crippen LogP contribution in [-0.4, -0.2) is 46.2 Å². The van der Waals surface area contributed by atoms with Crippen LogP contribution in [0.5, 0.6) is 0 Å². The summed E-state index contributed by atoms with van der Waals surface area (Å²) in [5.41, 5.74) is -0.342. The highest BCUT2D eigenvalue weighted by Crippen LogP contribution is 2.36. The van der Waals surface area contributed by atoms with Crippen LogP contribution in [0.1, 0.15) is 38.7 Å². The Balaban J connectivity index is 2.16. The molecule has 2 rings (SSSR count). The van der Waals surface area contributed by atoms with E-state index in [2.05, 4.69) is 0 Å². The molecule has 0 spiro atoms. The Kier molecular flexibility index (Phi) is 5.99. The van der Waals surface area contributed by atoms with Gasteiger partial charge in [-0.1, -0.05) is 44.2 Å². The third-order valence-corrected chi connectivity index (χ3v) is 5.29. The Morgan fingerprint density at radius 3 is 2.38 bits per heavy atom. The van der Waals surface area contributed by atoms with Crippen molar-refractivity contribution in [3.05, 3.63) is 35.9 Å². The molecule has 1 saturated heterocycles.